The molecule has 5 fully saturated rings. The van der Waals surface area contributed by atoms with Crippen molar-refractivity contribution in [1.29, 1.82) is 0 Å². The fourth-order valence-electron chi connectivity index (χ4n) is 7.13. The van der Waals surface area contributed by atoms with Gasteiger partial charge in [0.2, 0.25) is 0 Å². The molecule has 11 heteroatoms. The molecule has 0 aromatic carbocycles. The largest absolute Gasteiger partial charge is 0.413 e. The first-order valence-electron chi connectivity index (χ1n) is 14.6. The van der Waals surface area contributed by atoms with E-state index in [1.807, 2.05) is 58.8 Å². The van der Waals surface area contributed by atoms with Gasteiger partial charge in [0, 0.05) is 52.8 Å². The second-order valence-corrected chi connectivity index (χ2v) is 22.6. The van der Waals surface area contributed by atoms with Crippen LogP contribution >= 0.6 is 58.8 Å². The molecule has 0 bridgehead atoms. The van der Waals surface area contributed by atoms with Gasteiger partial charge in [0.15, 0.2) is 14.1 Å². The number of ketones is 1. The number of ether oxygens (including phenoxy) is 2. The van der Waals surface area contributed by atoms with E-state index in [1.165, 1.54) is 0 Å². The molecule has 5 rings (SSSR count). The van der Waals surface area contributed by atoms with Gasteiger partial charge >= 0.3 is 0 Å². The molecule has 1 N–H and O–H groups in total. The summed E-state index contributed by atoms with van der Waals surface area (Å²) in [6, 6.07) is 3.17. The lowest BCUT2D eigenvalue weighted by Crippen LogP contribution is -2.59. The van der Waals surface area contributed by atoms with E-state index < -0.39 is 20.2 Å². The summed E-state index contributed by atoms with van der Waals surface area (Å²) in [5, 5.41) is 11.9. The quantitative estimate of drug-likeness (QED) is 0.318. The van der Waals surface area contributed by atoms with Crippen molar-refractivity contribution >= 4 is 72.9 Å². The summed E-state index contributed by atoms with van der Waals surface area (Å²) in [5.41, 5.74) is 0. The summed E-state index contributed by atoms with van der Waals surface area (Å²) in [6.07, 6.45) is 1.21. The number of aliphatic hydroxyl groups is 1. The van der Waals surface area contributed by atoms with E-state index in [1.54, 1.807) is 0 Å². The second kappa shape index (κ2) is 13.4. The Morgan fingerprint density at radius 3 is 2.13 bits per heavy atom. The van der Waals surface area contributed by atoms with Crippen LogP contribution in [0.25, 0.3) is 0 Å². The number of carbonyl (C=O) groups excluding carboxylic acids is 1. The van der Waals surface area contributed by atoms with Crippen molar-refractivity contribution in [3.8, 4) is 0 Å². The van der Waals surface area contributed by atoms with Crippen LogP contribution in [-0.4, -0.2) is 101 Å². The van der Waals surface area contributed by atoms with Crippen LogP contribution in [0.15, 0.2) is 0 Å². The lowest BCUT2D eigenvalue weighted by Gasteiger charge is -2.49. The molecule has 6 atom stereocenters. The van der Waals surface area contributed by atoms with Crippen LogP contribution in [0, 0.1) is 23.7 Å². The Hall–Kier alpha value is 1.48. The summed E-state index contributed by atoms with van der Waals surface area (Å²) in [4.78, 5) is 14.5. The lowest BCUT2D eigenvalue weighted by atomic mass is 9.77. The van der Waals surface area contributed by atoms with Crippen LogP contribution in [0.3, 0.4) is 0 Å². The van der Waals surface area contributed by atoms with E-state index in [0.717, 1.165) is 77.0 Å². The minimum atomic E-state index is -2.01. The standard InChI is InChI=1S/C27H46O5S5Si/c1-4-38(5-2,6-3)32-25(22-18-33-11-7-26(22)30-9-10-31-26)20-16-35-15-19(23(20)28)24(29)21-17-34-12-8-27(21)36-13-14-37-27/h19-22,24-25,29H,4-18H2,1-3H3/t19-,20-,21+,22-,24-,25+/m0/s1. The van der Waals surface area contributed by atoms with Crippen LogP contribution in [-0.2, 0) is 18.7 Å². The van der Waals surface area contributed by atoms with Gasteiger partial charge in [0.1, 0.15) is 5.78 Å². The van der Waals surface area contributed by atoms with Crippen molar-refractivity contribution in [2.45, 2.75) is 73.8 Å². The summed E-state index contributed by atoms with van der Waals surface area (Å²) in [7, 11) is -2.01. The van der Waals surface area contributed by atoms with E-state index in [-0.39, 0.29) is 39.6 Å². The van der Waals surface area contributed by atoms with Gasteiger partial charge < -0.3 is 19.0 Å². The molecule has 5 saturated heterocycles. The predicted octanol–water partition coefficient (Wildman–Crippen LogP) is 5.71. The fourth-order valence-corrected chi connectivity index (χ4v) is 18.1. The number of aliphatic hydroxyl groups excluding tert-OH is 1. The van der Waals surface area contributed by atoms with Gasteiger partial charge in [-0.15, -0.1) is 23.5 Å². The van der Waals surface area contributed by atoms with Crippen molar-refractivity contribution in [2.24, 2.45) is 23.7 Å². The Morgan fingerprint density at radius 1 is 0.868 bits per heavy atom. The highest BCUT2D eigenvalue weighted by Gasteiger charge is 2.57. The first kappa shape index (κ1) is 30.9. The minimum Gasteiger partial charge on any atom is -0.413 e. The molecule has 0 aromatic rings. The summed E-state index contributed by atoms with van der Waals surface area (Å²) in [6.45, 7) is 8.05. The highest BCUT2D eigenvalue weighted by Crippen LogP contribution is 2.57. The Bertz CT molecular complexity index is 796. The number of thioether (sulfide) groups is 5. The highest BCUT2D eigenvalue weighted by atomic mass is 32.2. The molecule has 5 heterocycles. The SMILES string of the molecule is CC[Si](CC)(CC)O[C@H]([C@H]1CSC[C@H]([C@H](O)[C@H]2CSCCC23SCCS3)C1=O)[C@@H]1CSCCC12OCCO2. The van der Waals surface area contributed by atoms with Crippen LogP contribution in [0.5, 0.6) is 0 Å². The van der Waals surface area contributed by atoms with Gasteiger partial charge in [0.05, 0.1) is 41.3 Å². The highest BCUT2D eigenvalue weighted by molar-refractivity contribution is 8.21. The van der Waals surface area contributed by atoms with Crippen molar-refractivity contribution in [2.75, 3.05) is 59.2 Å². The molecular weight excluding hydrogens is 593 g/mol. The molecule has 0 aromatic heterocycles. The van der Waals surface area contributed by atoms with Gasteiger partial charge in [-0.3, -0.25) is 4.79 Å². The van der Waals surface area contributed by atoms with Crippen LogP contribution in [0.2, 0.25) is 18.1 Å². The van der Waals surface area contributed by atoms with E-state index >= 15 is 0 Å². The number of hydrogen-bond acceptors (Lipinski definition) is 10. The minimum absolute atomic E-state index is 0.0447. The second-order valence-electron chi connectivity index (χ2n) is 11.3. The molecule has 0 radical (unpaired) electrons. The Kier molecular flexibility index (Phi) is 10.9. The average Bonchev–Trinajstić information content (AvgIpc) is 3.61. The number of Topliss-reactive ketones (excluding diaryl/α,β-unsaturated/α-hetero) is 1. The molecular formula is C27H46O5S5Si. The zero-order chi connectivity index (χ0) is 26.8. The van der Waals surface area contributed by atoms with E-state index in [0.29, 0.717) is 13.2 Å². The molecule has 0 unspecified atom stereocenters. The summed E-state index contributed by atoms with van der Waals surface area (Å²) in [5.74, 6) is 7.17. The van der Waals surface area contributed by atoms with E-state index in [9.17, 15) is 9.90 Å². The smallest absolute Gasteiger partial charge is 0.192 e. The number of rotatable bonds is 9. The van der Waals surface area contributed by atoms with Gasteiger partial charge in [-0.1, -0.05) is 20.8 Å². The van der Waals surface area contributed by atoms with E-state index in [2.05, 4.69) is 20.8 Å². The third-order valence-corrected chi connectivity index (χ3v) is 21.5. The third-order valence-electron chi connectivity index (χ3n) is 9.73. The van der Waals surface area contributed by atoms with Crippen molar-refractivity contribution < 1.29 is 23.8 Å². The predicted molar refractivity (Wildman–Crippen MR) is 171 cm³/mol. The molecule has 2 spiro atoms. The molecule has 0 saturated carbocycles. The topological polar surface area (TPSA) is 65.0 Å². The van der Waals surface area contributed by atoms with Crippen molar-refractivity contribution in [3.05, 3.63) is 0 Å². The molecule has 5 aliphatic heterocycles. The van der Waals surface area contributed by atoms with Crippen molar-refractivity contribution in [1.82, 2.24) is 0 Å². The first-order valence-corrected chi connectivity index (χ1v) is 22.6. The summed E-state index contributed by atoms with van der Waals surface area (Å²) < 4.78 is 20.2. The summed E-state index contributed by atoms with van der Waals surface area (Å²) >= 11 is 9.85. The number of carbonyl (C=O) groups is 1. The Morgan fingerprint density at radius 2 is 1.47 bits per heavy atom. The maximum atomic E-state index is 14.5. The van der Waals surface area contributed by atoms with Crippen LogP contribution in [0.1, 0.15) is 33.6 Å². The molecule has 38 heavy (non-hydrogen) atoms. The van der Waals surface area contributed by atoms with Crippen LogP contribution in [0.4, 0.5) is 0 Å². The van der Waals surface area contributed by atoms with Crippen molar-refractivity contribution in [3.63, 3.8) is 0 Å². The molecule has 0 amide bonds. The molecule has 5 aliphatic rings. The fraction of sp³-hybridized carbons (Fsp3) is 0.963. The monoisotopic (exact) mass is 638 g/mol. The number of hydrogen-bond donors (Lipinski definition) is 1. The maximum Gasteiger partial charge on any atom is 0.192 e. The average molecular weight is 639 g/mol. The normalized spacial score (nSPS) is 35.1. The Balaban J connectivity index is 1.44. The van der Waals surface area contributed by atoms with Gasteiger partial charge in [-0.2, -0.15) is 35.3 Å². The Labute approximate surface area is 252 Å². The maximum absolute atomic E-state index is 14.5. The molecule has 218 valence electrons. The van der Waals surface area contributed by atoms with E-state index in [4.69, 9.17) is 13.9 Å². The molecule has 0 aliphatic carbocycles. The van der Waals surface area contributed by atoms with Crippen LogP contribution < -0.4 is 0 Å². The first-order chi connectivity index (χ1) is 18.4. The van der Waals surface area contributed by atoms with Gasteiger partial charge in [0.25, 0.3) is 0 Å². The molecule has 5 nitrogen and oxygen atoms in total. The third kappa shape index (κ3) is 5.96. The zero-order valence-electron chi connectivity index (χ0n) is 23.2. The zero-order valence-corrected chi connectivity index (χ0v) is 28.3. The van der Waals surface area contributed by atoms with Gasteiger partial charge in [-0.05, 0) is 36.1 Å². The lowest BCUT2D eigenvalue weighted by molar-refractivity contribution is -0.216. The van der Waals surface area contributed by atoms with Gasteiger partial charge in [-0.25, -0.2) is 0 Å².